The smallest absolute Gasteiger partial charge is 0.230 e. The molecule has 0 aliphatic carbocycles. The summed E-state index contributed by atoms with van der Waals surface area (Å²) in [6.45, 7) is 2.02. The zero-order valence-electron chi connectivity index (χ0n) is 20.9. The highest BCUT2D eigenvalue weighted by Gasteiger charge is 2.38. The van der Waals surface area contributed by atoms with Crippen molar-refractivity contribution in [2.24, 2.45) is 0 Å². The number of fused-ring (bicyclic) bond motifs is 4. The fraction of sp³-hybridized carbons (Fsp3) is 0.133. The van der Waals surface area contributed by atoms with E-state index in [0.717, 1.165) is 45.0 Å². The van der Waals surface area contributed by atoms with E-state index < -0.39 is 0 Å². The monoisotopic (exact) mass is 500 g/mol. The standard InChI is InChI=1S/C30H24N6O2/c1-19-25-26(21-9-5-3-6-10-21)27-28-32-24(17-20-13-15-23(37-2)16-14-20)34-35(28)18-31-29(27)38-30(25)36(33-19)22-11-7-4-8-12-22/h3-16,18,26H,17H2,1-2H3/t26-/m1/s1. The van der Waals surface area contributed by atoms with Crippen molar-refractivity contribution in [3.05, 3.63) is 125 Å². The first-order valence-electron chi connectivity index (χ1n) is 12.4. The Hall–Kier alpha value is -4.98. The van der Waals surface area contributed by atoms with Crippen molar-refractivity contribution in [2.75, 3.05) is 7.11 Å². The summed E-state index contributed by atoms with van der Waals surface area (Å²) in [5.41, 5.74) is 6.65. The molecule has 3 aromatic carbocycles. The summed E-state index contributed by atoms with van der Waals surface area (Å²) in [5, 5.41) is 9.64. The molecule has 1 aliphatic rings. The van der Waals surface area contributed by atoms with E-state index >= 15 is 0 Å². The Morgan fingerprint density at radius 1 is 0.868 bits per heavy atom. The number of hydrogen-bond donors (Lipinski definition) is 0. The van der Waals surface area contributed by atoms with Crippen molar-refractivity contribution in [2.45, 2.75) is 19.3 Å². The molecule has 38 heavy (non-hydrogen) atoms. The molecule has 6 aromatic rings. The number of aryl methyl sites for hydroxylation is 1. The Morgan fingerprint density at radius 3 is 2.34 bits per heavy atom. The summed E-state index contributed by atoms with van der Waals surface area (Å²) < 4.78 is 15.4. The number of ether oxygens (including phenoxy) is 2. The first-order chi connectivity index (χ1) is 18.7. The first-order valence-corrected chi connectivity index (χ1v) is 12.4. The predicted octanol–water partition coefficient (Wildman–Crippen LogP) is 5.50. The van der Waals surface area contributed by atoms with Crippen molar-refractivity contribution in [3.63, 3.8) is 0 Å². The van der Waals surface area contributed by atoms with Gasteiger partial charge in [0.25, 0.3) is 0 Å². The number of para-hydroxylation sites is 1. The van der Waals surface area contributed by atoms with Crippen molar-refractivity contribution in [1.29, 1.82) is 0 Å². The zero-order valence-corrected chi connectivity index (χ0v) is 20.9. The van der Waals surface area contributed by atoms with E-state index in [9.17, 15) is 0 Å². The van der Waals surface area contributed by atoms with Crippen LogP contribution in [0.15, 0.2) is 91.3 Å². The molecule has 0 amide bonds. The average Bonchev–Trinajstić information content (AvgIpc) is 3.53. The van der Waals surface area contributed by atoms with E-state index in [0.29, 0.717) is 24.0 Å². The normalized spacial score (nSPS) is 14.1. The fourth-order valence-electron chi connectivity index (χ4n) is 5.15. The SMILES string of the molecule is COc1ccc(Cc2nc3c4c(ncn3n2)Oc2c(c(C)nn2-c2ccccc2)[C@H]4c2ccccc2)cc1. The van der Waals surface area contributed by atoms with E-state index in [1.54, 1.807) is 18.0 Å². The van der Waals surface area contributed by atoms with E-state index in [2.05, 4.69) is 17.1 Å². The van der Waals surface area contributed by atoms with Crippen LogP contribution in [0.25, 0.3) is 11.3 Å². The quantitative estimate of drug-likeness (QED) is 0.310. The Kier molecular flexibility index (Phi) is 5.18. The molecular formula is C30H24N6O2. The first kappa shape index (κ1) is 22.2. The summed E-state index contributed by atoms with van der Waals surface area (Å²) in [5.74, 6) is 2.55. The van der Waals surface area contributed by atoms with Gasteiger partial charge in [-0.15, -0.1) is 5.10 Å². The third kappa shape index (κ3) is 3.61. The van der Waals surface area contributed by atoms with Gasteiger partial charge in [0.05, 0.1) is 35.5 Å². The Bertz CT molecular complexity index is 1760. The number of hydrogen-bond acceptors (Lipinski definition) is 6. The molecule has 0 unspecified atom stereocenters. The summed E-state index contributed by atoms with van der Waals surface area (Å²) in [6.07, 6.45) is 2.26. The van der Waals surface area contributed by atoms with Gasteiger partial charge in [-0.2, -0.15) is 5.10 Å². The van der Waals surface area contributed by atoms with E-state index in [4.69, 9.17) is 24.7 Å². The Morgan fingerprint density at radius 2 is 1.61 bits per heavy atom. The van der Waals surface area contributed by atoms with Crippen LogP contribution >= 0.6 is 0 Å². The van der Waals surface area contributed by atoms with Crippen LogP contribution in [-0.2, 0) is 6.42 Å². The second-order valence-corrected chi connectivity index (χ2v) is 9.28. The van der Waals surface area contributed by atoms with Crippen molar-refractivity contribution >= 4 is 5.65 Å². The number of rotatable bonds is 5. The molecule has 0 bridgehead atoms. The molecule has 0 saturated heterocycles. The minimum Gasteiger partial charge on any atom is -0.497 e. The molecule has 1 aliphatic heterocycles. The molecule has 3 aromatic heterocycles. The van der Waals surface area contributed by atoms with Gasteiger partial charge in [-0.25, -0.2) is 19.2 Å². The maximum absolute atomic E-state index is 6.49. The lowest BCUT2D eigenvalue weighted by molar-refractivity contribution is 0.402. The highest BCUT2D eigenvalue weighted by Crippen LogP contribution is 2.49. The van der Waals surface area contributed by atoms with E-state index in [-0.39, 0.29) is 5.92 Å². The summed E-state index contributed by atoms with van der Waals surface area (Å²) in [7, 11) is 1.66. The van der Waals surface area contributed by atoms with Crippen molar-refractivity contribution < 1.29 is 9.47 Å². The van der Waals surface area contributed by atoms with Crippen molar-refractivity contribution in [3.8, 4) is 23.2 Å². The van der Waals surface area contributed by atoms with Gasteiger partial charge in [-0.3, -0.25) is 0 Å². The predicted molar refractivity (Wildman–Crippen MR) is 142 cm³/mol. The van der Waals surface area contributed by atoms with Crippen LogP contribution < -0.4 is 9.47 Å². The average molecular weight is 501 g/mol. The molecule has 186 valence electrons. The molecule has 8 nitrogen and oxygen atoms in total. The van der Waals surface area contributed by atoms with Gasteiger partial charge in [0.1, 0.15) is 12.1 Å². The molecule has 8 heteroatoms. The second kappa shape index (κ2) is 8.85. The Labute approximate surface area is 219 Å². The Balaban J connectivity index is 1.39. The summed E-state index contributed by atoms with van der Waals surface area (Å²) >= 11 is 0. The van der Waals surface area contributed by atoms with Crippen LogP contribution in [0.3, 0.4) is 0 Å². The van der Waals surface area contributed by atoms with Crippen LogP contribution in [-0.4, -0.2) is 36.5 Å². The highest BCUT2D eigenvalue weighted by molar-refractivity contribution is 5.66. The van der Waals surface area contributed by atoms with Gasteiger partial charge in [0, 0.05) is 6.42 Å². The lowest BCUT2D eigenvalue weighted by Crippen LogP contribution is -2.16. The summed E-state index contributed by atoms with van der Waals surface area (Å²) in [4.78, 5) is 9.67. The van der Waals surface area contributed by atoms with E-state index in [1.807, 2.05) is 84.4 Å². The molecule has 1 atom stereocenters. The summed E-state index contributed by atoms with van der Waals surface area (Å²) in [6, 6.07) is 28.3. The van der Waals surface area contributed by atoms with Crippen LogP contribution in [0, 0.1) is 6.92 Å². The maximum Gasteiger partial charge on any atom is 0.230 e. The van der Waals surface area contributed by atoms with E-state index in [1.165, 1.54) is 0 Å². The molecule has 0 saturated carbocycles. The van der Waals surface area contributed by atoms with Crippen LogP contribution in [0.4, 0.5) is 0 Å². The molecule has 0 fully saturated rings. The largest absolute Gasteiger partial charge is 0.497 e. The molecule has 4 heterocycles. The molecular weight excluding hydrogens is 476 g/mol. The van der Waals surface area contributed by atoms with Gasteiger partial charge < -0.3 is 9.47 Å². The fourth-order valence-corrected chi connectivity index (χ4v) is 5.15. The minimum absolute atomic E-state index is 0.165. The maximum atomic E-state index is 6.49. The van der Waals surface area contributed by atoms with Gasteiger partial charge in [-0.1, -0.05) is 60.7 Å². The minimum atomic E-state index is -0.165. The molecule has 7 rings (SSSR count). The molecule has 0 spiro atoms. The number of methoxy groups -OCH3 is 1. The lowest BCUT2D eigenvalue weighted by atomic mass is 9.84. The number of aromatic nitrogens is 6. The van der Waals surface area contributed by atoms with Crippen molar-refractivity contribution in [1.82, 2.24) is 29.4 Å². The second-order valence-electron chi connectivity index (χ2n) is 9.28. The van der Waals surface area contributed by atoms with Crippen LogP contribution in [0.1, 0.15) is 39.7 Å². The third-order valence-electron chi connectivity index (χ3n) is 6.92. The van der Waals surface area contributed by atoms with Crippen LogP contribution in [0.5, 0.6) is 17.5 Å². The van der Waals surface area contributed by atoms with Gasteiger partial charge in [0.2, 0.25) is 11.8 Å². The molecule has 0 N–H and O–H groups in total. The van der Waals surface area contributed by atoms with Gasteiger partial charge >= 0.3 is 0 Å². The topological polar surface area (TPSA) is 79.4 Å². The highest BCUT2D eigenvalue weighted by atomic mass is 16.5. The zero-order chi connectivity index (χ0) is 25.6. The number of benzene rings is 3. The third-order valence-corrected chi connectivity index (χ3v) is 6.92. The van der Waals surface area contributed by atoms with Gasteiger partial charge in [0.15, 0.2) is 11.5 Å². The number of nitrogens with zero attached hydrogens (tertiary/aromatic N) is 6. The lowest BCUT2D eigenvalue weighted by Gasteiger charge is -2.26. The van der Waals surface area contributed by atoms with Crippen LogP contribution in [0.2, 0.25) is 0 Å². The van der Waals surface area contributed by atoms with Gasteiger partial charge in [-0.05, 0) is 42.3 Å². The molecule has 0 radical (unpaired) electrons.